The third-order valence-corrected chi connectivity index (χ3v) is 4.01. The Balaban J connectivity index is 2.87. The number of nitrogens with two attached hydrogens (primary N) is 1. The first-order valence-electron chi connectivity index (χ1n) is 5.65. The lowest BCUT2D eigenvalue weighted by Crippen LogP contribution is -2.20. The Hall–Kier alpha value is -1.31. The number of hydrogen-bond acceptors (Lipinski definition) is 5. The van der Waals surface area contributed by atoms with Gasteiger partial charge in [0.05, 0.1) is 22.4 Å². The molecule has 0 saturated carbocycles. The molecule has 102 valence electrons. The van der Waals surface area contributed by atoms with Crippen LogP contribution in [0.25, 0.3) is 0 Å². The molecule has 0 aliphatic rings. The summed E-state index contributed by atoms with van der Waals surface area (Å²) < 4.78 is 25.3. The van der Waals surface area contributed by atoms with Crippen molar-refractivity contribution in [2.24, 2.45) is 0 Å². The minimum Gasteiger partial charge on any atom is -0.397 e. The molecule has 5 N–H and O–H groups in total. The van der Waals surface area contributed by atoms with E-state index in [-0.39, 0.29) is 4.90 Å². The van der Waals surface area contributed by atoms with Gasteiger partial charge in [-0.3, -0.25) is 0 Å². The maximum absolute atomic E-state index is 11.5. The molecule has 0 aliphatic carbocycles. The quantitative estimate of drug-likeness (QED) is 0.560. The normalized spacial score (nSPS) is 13.3. The second-order valence-corrected chi connectivity index (χ2v) is 5.79. The third-order valence-electron chi connectivity index (χ3n) is 2.60. The predicted molar refractivity (Wildman–Crippen MR) is 71.9 cm³/mol. The minimum absolute atomic E-state index is 0.115. The fraction of sp³-hybridized carbons (Fsp3) is 0.455. The number of nitrogen functional groups attached to an aromatic ring is 1. The highest BCUT2D eigenvalue weighted by molar-refractivity contribution is 7.89. The summed E-state index contributed by atoms with van der Waals surface area (Å²) in [5.74, 6) is 0. The number of anilines is 2. The third kappa shape index (κ3) is 3.59. The van der Waals surface area contributed by atoms with Crippen LogP contribution in [0.15, 0.2) is 23.1 Å². The zero-order valence-electron chi connectivity index (χ0n) is 10.5. The Bertz CT molecular complexity index is 502. The summed E-state index contributed by atoms with van der Waals surface area (Å²) in [5.41, 5.74) is 6.70. The topological polar surface area (TPSA) is 104 Å². The molecule has 1 aromatic carbocycles. The Kier molecular flexibility index (Phi) is 4.94. The molecule has 0 amide bonds. The first-order chi connectivity index (χ1) is 8.40. The molecule has 0 radical (unpaired) electrons. The van der Waals surface area contributed by atoms with Crippen LogP contribution in [0.3, 0.4) is 0 Å². The van der Waals surface area contributed by atoms with Crippen LogP contribution in [0.2, 0.25) is 0 Å². The molecule has 0 aromatic heterocycles. The molecule has 0 bridgehead atoms. The summed E-state index contributed by atoms with van der Waals surface area (Å²) in [6.07, 6.45) is 0.184. The number of aliphatic hydroxyl groups is 1. The van der Waals surface area contributed by atoms with Crippen LogP contribution in [0, 0.1) is 0 Å². The molecule has 7 heteroatoms. The summed E-state index contributed by atoms with van der Waals surface area (Å²) in [7, 11) is -2.14. The van der Waals surface area contributed by atoms with Crippen LogP contribution in [0.5, 0.6) is 0 Å². The highest BCUT2D eigenvalue weighted by atomic mass is 32.2. The molecule has 0 spiro atoms. The zero-order valence-corrected chi connectivity index (χ0v) is 11.3. The molecule has 1 atom stereocenters. The van der Waals surface area contributed by atoms with Gasteiger partial charge in [0.15, 0.2) is 0 Å². The number of rotatable bonds is 6. The number of nitrogens with one attached hydrogen (secondary N) is 2. The van der Waals surface area contributed by atoms with E-state index in [4.69, 9.17) is 5.73 Å². The molecule has 6 nitrogen and oxygen atoms in total. The molecule has 0 fully saturated rings. The summed E-state index contributed by atoms with van der Waals surface area (Å²) in [5, 5.41) is 12.4. The van der Waals surface area contributed by atoms with Crippen molar-refractivity contribution in [2.75, 3.05) is 24.6 Å². The van der Waals surface area contributed by atoms with Gasteiger partial charge in [-0.05, 0) is 31.7 Å². The average molecular weight is 273 g/mol. The van der Waals surface area contributed by atoms with Crippen LogP contribution < -0.4 is 15.8 Å². The maximum Gasteiger partial charge on any atom is 0.240 e. The van der Waals surface area contributed by atoms with Crippen molar-refractivity contribution in [3.05, 3.63) is 18.2 Å². The van der Waals surface area contributed by atoms with Gasteiger partial charge in [0.1, 0.15) is 0 Å². The lowest BCUT2D eigenvalue weighted by atomic mass is 10.2. The van der Waals surface area contributed by atoms with Crippen LogP contribution in [0.1, 0.15) is 13.3 Å². The zero-order chi connectivity index (χ0) is 13.8. The van der Waals surface area contributed by atoms with Gasteiger partial charge >= 0.3 is 0 Å². The predicted octanol–water partition coefficient (Wildman–Crippen LogP) is 0.360. The first kappa shape index (κ1) is 14.7. The van der Waals surface area contributed by atoms with E-state index in [1.807, 2.05) is 6.92 Å². The number of aliphatic hydroxyl groups excluding tert-OH is 1. The molecule has 0 saturated heterocycles. The molecule has 1 unspecified atom stereocenters. The van der Waals surface area contributed by atoms with Gasteiger partial charge in [0.25, 0.3) is 0 Å². The second-order valence-electron chi connectivity index (χ2n) is 3.90. The van der Waals surface area contributed by atoms with Gasteiger partial charge in [-0.1, -0.05) is 6.92 Å². The van der Waals surface area contributed by atoms with E-state index in [9.17, 15) is 13.5 Å². The standard InChI is InChI=1S/C11H19N3O3S/c1-3-8(15)7-14-11-5-4-9(6-10(11)12)18(16,17)13-2/h4-6,8,13-15H,3,7,12H2,1-2H3. The lowest BCUT2D eigenvalue weighted by Gasteiger charge is -2.13. The highest BCUT2D eigenvalue weighted by Gasteiger charge is 2.13. The molecular weight excluding hydrogens is 254 g/mol. The van der Waals surface area contributed by atoms with Gasteiger partial charge in [-0.15, -0.1) is 0 Å². The average Bonchev–Trinajstić information content (AvgIpc) is 2.36. The Morgan fingerprint density at radius 1 is 1.44 bits per heavy atom. The van der Waals surface area contributed by atoms with Crippen molar-refractivity contribution in [1.82, 2.24) is 4.72 Å². The Morgan fingerprint density at radius 2 is 2.11 bits per heavy atom. The van der Waals surface area contributed by atoms with Crippen molar-refractivity contribution in [1.29, 1.82) is 0 Å². The van der Waals surface area contributed by atoms with Crippen molar-refractivity contribution >= 4 is 21.4 Å². The number of sulfonamides is 1. The van der Waals surface area contributed by atoms with Crippen LogP contribution in [0.4, 0.5) is 11.4 Å². The molecule has 0 heterocycles. The van der Waals surface area contributed by atoms with Gasteiger partial charge in [-0.25, -0.2) is 13.1 Å². The van der Waals surface area contributed by atoms with Crippen LogP contribution in [-0.2, 0) is 10.0 Å². The fourth-order valence-corrected chi connectivity index (χ4v) is 2.12. The van der Waals surface area contributed by atoms with E-state index in [0.717, 1.165) is 0 Å². The van der Waals surface area contributed by atoms with Crippen molar-refractivity contribution in [3.63, 3.8) is 0 Å². The Morgan fingerprint density at radius 3 is 2.61 bits per heavy atom. The van der Waals surface area contributed by atoms with E-state index in [1.165, 1.54) is 19.2 Å². The first-order valence-corrected chi connectivity index (χ1v) is 7.14. The van der Waals surface area contributed by atoms with E-state index < -0.39 is 16.1 Å². The molecule has 0 aliphatic heterocycles. The fourth-order valence-electron chi connectivity index (χ4n) is 1.36. The van der Waals surface area contributed by atoms with Crippen LogP contribution >= 0.6 is 0 Å². The smallest absolute Gasteiger partial charge is 0.240 e. The Labute approximate surface area is 107 Å². The van der Waals surface area contributed by atoms with Gasteiger partial charge in [-0.2, -0.15) is 0 Å². The number of hydrogen-bond donors (Lipinski definition) is 4. The minimum atomic E-state index is -3.48. The van der Waals surface area contributed by atoms with Gasteiger partial charge in [0.2, 0.25) is 10.0 Å². The molecule has 18 heavy (non-hydrogen) atoms. The van der Waals surface area contributed by atoms with Crippen LogP contribution in [-0.4, -0.2) is 33.2 Å². The molecule has 1 rings (SSSR count). The summed E-state index contributed by atoms with van der Waals surface area (Å²) in [6, 6.07) is 4.43. The second kappa shape index (κ2) is 6.03. The SMILES string of the molecule is CCC(O)CNc1ccc(S(=O)(=O)NC)cc1N. The van der Waals surface area contributed by atoms with E-state index in [2.05, 4.69) is 10.0 Å². The highest BCUT2D eigenvalue weighted by Crippen LogP contribution is 2.22. The molecular formula is C11H19N3O3S. The number of benzene rings is 1. The summed E-state index contributed by atoms with van der Waals surface area (Å²) >= 11 is 0. The van der Waals surface area contributed by atoms with Gasteiger partial charge in [0, 0.05) is 6.54 Å². The van der Waals surface area contributed by atoms with E-state index in [0.29, 0.717) is 24.3 Å². The lowest BCUT2D eigenvalue weighted by molar-refractivity contribution is 0.183. The van der Waals surface area contributed by atoms with Crippen molar-refractivity contribution in [3.8, 4) is 0 Å². The van der Waals surface area contributed by atoms with Crippen molar-refractivity contribution in [2.45, 2.75) is 24.3 Å². The summed E-state index contributed by atoms with van der Waals surface area (Å²) in [6.45, 7) is 2.25. The molecule has 1 aromatic rings. The maximum atomic E-state index is 11.5. The van der Waals surface area contributed by atoms with Gasteiger partial charge < -0.3 is 16.2 Å². The van der Waals surface area contributed by atoms with Crippen molar-refractivity contribution < 1.29 is 13.5 Å². The summed E-state index contributed by atoms with van der Waals surface area (Å²) in [4.78, 5) is 0.115. The van der Waals surface area contributed by atoms with E-state index >= 15 is 0 Å². The van der Waals surface area contributed by atoms with E-state index in [1.54, 1.807) is 6.07 Å². The largest absolute Gasteiger partial charge is 0.397 e. The monoisotopic (exact) mass is 273 g/mol.